The van der Waals surface area contributed by atoms with Crippen LogP contribution in [0.1, 0.15) is 12.8 Å². The van der Waals surface area contributed by atoms with Crippen LogP contribution in [0.15, 0.2) is 48.7 Å². The first kappa shape index (κ1) is 21.5. The van der Waals surface area contributed by atoms with E-state index in [0.29, 0.717) is 30.1 Å². The van der Waals surface area contributed by atoms with E-state index < -0.39 is 5.82 Å². The van der Waals surface area contributed by atoms with E-state index in [2.05, 4.69) is 9.94 Å². The molecule has 0 spiro atoms. The molecule has 164 valence electrons. The summed E-state index contributed by atoms with van der Waals surface area (Å²) in [6.45, 7) is 8.37. The van der Waals surface area contributed by atoms with Crippen LogP contribution < -0.4 is 10.5 Å². The second-order valence-corrected chi connectivity index (χ2v) is 7.84. The van der Waals surface area contributed by atoms with Gasteiger partial charge in [-0.2, -0.15) is 5.10 Å². The van der Waals surface area contributed by atoms with Gasteiger partial charge < -0.3 is 15.4 Å². The molecule has 8 heteroatoms. The monoisotopic (exact) mass is 433 g/mol. The molecule has 2 heterocycles. The van der Waals surface area contributed by atoms with E-state index in [-0.39, 0.29) is 24.2 Å². The molecule has 1 fully saturated rings. The molecule has 32 heavy (non-hydrogen) atoms. The molecule has 1 amide bonds. The van der Waals surface area contributed by atoms with Crippen LogP contribution in [-0.4, -0.2) is 46.8 Å². The highest BCUT2D eigenvalue weighted by atomic mass is 19.1. The highest BCUT2D eigenvalue weighted by Gasteiger charge is 2.23. The number of halogens is 1. The second kappa shape index (κ2) is 9.20. The molecule has 3 aromatic rings. The van der Waals surface area contributed by atoms with E-state index in [1.54, 1.807) is 29.0 Å². The number of hydrogen-bond donors (Lipinski definition) is 1. The summed E-state index contributed by atoms with van der Waals surface area (Å²) in [7, 11) is 1.60. The lowest BCUT2D eigenvalue weighted by Crippen LogP contribution is -2.46. The number of carbonyl (C=O) groups is 1. The van der Waals surface area contributed by atoms with Crippen molar-refractivity contribution in [1.29, 1.82) is 0 Å². The SMILES string of the molecule is [C-]#[N+]c1ccc(-c2nn(CC(=O)N3CCC[C@@H](N)C3)cc2-c2ccc(OC)cc2)cc1F. The Morgan fingerprint density at radius 2 is 2.03 bits per heavy atom. The van der Waals surface area contributed by atoms with Crippen molar-refractivity contribution in [3.63, 3.8) is 0 Å². The van der Waals surface area contributed by atoms with Gasteiger partial charge in [0.1, 0.15) is 23.8 Å². The minimum atomic E-state index is -0.605. The first-order valence-corrected chi connectivity index (χ1v) is 10.4. The van der Waals surface area contributed by atoms with E-state index >= 15 is 0 Å². The van der Waals surface area contributed by atoms with Crippen molar-refractivity contribution in [2.24, 2.45) is 5.73 Å². The maximum Gasteiger partial charge on any atom is 0.244 e. The number of nitrogens with zero attached hydrogens (tertiary/aromatic N) is 4. The van der Waals surface area contributed by atoms with Crippen LogP contribution >= 0.6 is 0 Å². The fraction of sp³-hybridized carbons (Fsp3) is 0.292. The average molecular weight is 433 g/mol. The number of ether oxygens (including phenoxy) is 1. The molecule has 0 aliphatic carbocycles. The number of carbonyl (C=O) groups excluding carboxylic acids is 1. The largest absolute Gasteiger partial charge is 0.497 e. The first-order chi connectivity index (χ1) is 15.5. The van der Waals surface area contributed by atoms with Crippen LogP contribution in [0.3, 0.4) is 0 Å². The maximum absolute atomic E-state index is 14.3. The summed E-state index contributed by atoms with van der Waals surface area (Å²) < 4.78 is 21.1. The van der Waals surface area contributed by atoms with Gasteiger partial charge in [0.2, 0.25) is 11.6 Å². The third-order valence-corrected chi connectivity index (χ3v) is 5.61. The summed E-state index contributed by atoms with van der Waals surface area (Å²) in [6.07, 6.45) is 3.60. The Hall–Kier alpha value is -3.70. The van der Waals surface area contributed by atoms with Crippen molar-refractivity contribution >= 4 is 11.6 Å². The highest BCUT2D eigenvalue weighted by molar-refractivity contribution is 5.82. The number of piperidine rings is 1. The fourth-order valence-corrected chi connectivity index (χ4v) is 3.92. The molecule has 1 atom stereocenters. The number of hydrogen-bond acceptors (Lipinski definition) is 4. The van der Waals surface area contributed by atoms with Gasteiger partial charge >= 0.3 is 0 Å². The quantitative estimate of drug-likeness (QED) is 0.620. The van der Waals surface area contributed by atoms with Gasteiger partial charge in [0.05, 0.1) is 13.7 Å². The van der Waals surface area contributed by atoms with Crippen LogP contribution in [0, 0.1) is 12.4 Å². The summed E-state index contributed by atoms with van der Waals surface area (Å²) in [5, 5.41) is 4.61. The summed E-state index contributed by atoms with van der Waals surface area (Å²) in [6, 6.07) is 11.9. The molecule has 1 aromatic heterocycles. The van der Waals surface area contributed by atoms with Crippen LogP contribution in [0.2, 0.25) is 0 Å². The van der Waals surface area contributed by atoms with E-state index in [1.807, 2.05) is 24.3 Å². The van der Waals surface area contributed by atoms with Crippen molar-refractivity contribution in [2.75, 3.05) is 20.2 Å². The minimum absolute atomic E-state index is 0.000295. The zero-order chi connectivity index (χ0) is 22.7. The topological polar surface area (TPSA) is 77.7 Å². The molecule has 1 aliphatic heterocycles. The van der Waals surface area contributed by atoms with Gasteiger partial charge in [-0.3, -0.25) is 9.48 Å². The molecule has 0 bridgehead atoms. The third-order valence-electron chi connectivity index (χ3n) is 5.61. The van der Waals surface area contributed by atoms with Crippen molar-refractivity contribution in [2.45, 2.75) is 25.4 Å². The van der Waals surface area contributed by atoms with Gasteiger partial charge in [0.25, 0.3) is 0 Å². The third kappa shape index (κ3) is 4.48. The molecule has 0 unspecified atom stereocenters. The fourth-order valence-electron chi connectivity index (χ4n) is 3.92. The molecule has 2 N–H and O–H groups in total. The van der Waals surface area contributed by atoms with Crippen molar-refractivity contribution in [3.05, 3.63) is 65.9 Å². The summed E-state index contributed by atoms with van der Waals surface area (Å²) in [5.41, 5.74) is 8.65. The van der Waals surface area contributed by atoms with Crippen molar-refractivity contribution in [3.8, 4) is 28.1 Å². The molecular formula is C24H24FN5O2. The van der Waals surface area contributed by atoms with Gasteiger partial charge in [-0.25, -0.2) is 9.24 Å². The molecule has 2 aromatic carbocycles. The van der Waals surface area contributed by atoms with Crippen molar-refractivity contribution < 1.29 is 13.9 Å². The second-order valence-electron chi connectivity index (χ2n) is 7.84. The normalized spacial score (nSPS) is 15.9. The van der Waals surface area contributed by atoms with E-state index in [9.17, 15) is 9.18 Å². The number of likely N-dealkylation sites (tertiary alicyclic amines) is 1. The number of benzene rings is 2. The van der Waals surface area contributed by atoms with Crippen molar-refractivity contribution in [1.82, 2.24) is 14.7 Å². The molecule has 4 rings (SSSR count). The zero-order valence-electron chi connectivity index (χ0n) is 17.8. The molecule has 0 radical (unpaired) electrons. The summed E-state index contributed by atoms with van der Waals surface area (Å²) in [5.74, 6) is 0.0582. The van der Waals surface area contributed by atoms with E-state index in [0.717, 1.165) is 24.0 Å². The highest BCUT2D eigenvalue weighted by Crippen LogP contribution is 2.34. The number of nitrogens with two attached hydrogens (primary N) is 1. The van der Waals surface area contributed by atoms with Crippen LogP contribution in [0.4, 0.5) is 10.1 Å². The minimum Gasteiger partial charge on any atom is -0.497 e. The first-order valence-electron chi connectivity index (χ1n) is 10.4. The Labute approximate surface area is 186 Å². The molecule has 0 saturated carbocycles. The lowest BCUT2D eigenvalue weighted by molar-refractivity contribution is -0.133. The van der Waals surface area contributed by atoms with Crippen LogP contribution in [0.25, 0.3) is 27.2 Å². The predicted octanol–water partition coefficient (Wildman–Crippen LogP) is 3.87. The predicted molar refractivity (Wildman–Crippen MR) is 120 cm³/mol. The Morgan fingerprint density at radius 1 is 1.28 bits per heavy atom. The number of methoxy groups -OCH3 is 1. The van der Waals surface area contributed by atoms with Gasteiger partial charge in [0, 0.05) is 36.5 Å². The number of aromatic nitrogens is 2. The lowest BCUT2D eigenvalue weighted by Gasteiger charge is -2.30. The maximum atomic E-state index is 14.3. The molecule has 1 aliphatic rings. The smallest absolute Gasteiger partial charge is 0.244 e. The summed E-state index contributed by atoms with van der Waals surface area (Å²) >= 11 is 0. The molecular weight excluding hydrogens is 409 g/mol. The Balaban J connectivity index is 1.70. The number of rotatable bonds is 5. The van der Waals surface area contributed by atoms with Gasteiger partial charge in [-0.15, -0.1) is 0 Å². The molecule has 1 saturated heterocycles. The summed E-state index contributed by atoms with van der Waals surface area (Å²) in [4.78, 5) is 17.8. The van der Waals surface area contributed by atoms with Crippen LogP contribution in [0.5, 0.6) is 5.75 Å². The van der Waals surface area contributed by atoms with E-state index in [4.69, 9.17) is 17.0 Å². The average Bonchev–Trinajstić information content (AvgIpc) is 3.22. The Bertz CT molecular complexity index is 1170. The zero-order valence-corrected chi connectivity index (χ0v) is 17.8. The standard InChI is InChI=1S/C24H24FN5O2/c1-27-22-10-7-17(12-21(22)25)24-20(16-5-8-19(32-2)9-6-16)14-30(28-24)15-23(31)29-11-3-4-18(26)13-29/h5-10,12,14,18H,3-4,11,13,15,26H2,2H3/t18-/m1/s1. The lowest BCUT2D eigenvalue weighted by atomic mass is 10.0. The number of amides is 1. The Kier molecular flexibility index (Phi) is 6.19. The van der Waals surface area contributed by atoms with Crippen LogP contribution in [-0.2, 0) is 11.3 Å². The van der Waals surface area contributed by atoms with E-state index in [1.165, 1.54) is 12.1 Å². The van der Waals surface area contributed by atoms with Gasteiger partial charge in [-0.05, 0) is 36.6 Å². The van der Waals surface area contributed by atoms with Gasteiger partial charge in [-0.1, -0.05) is 24.3 Å². The Morgan fingerprint density at radius 3 is 2.69 bits per heavy atom. The molecule has 7 nitrogen and oxygen atoms in total. The van der Waals surface area contributed by atoms with Gasteiger partial charge in [0.15, 0.2) is 0 Å².